The van der Waals surface area contributed by atoms with Crippen molar-refractivity contribution >= 4 is 39.9 Å². The van der Waals surface area contributed by atoms with Crippen molar-refractivity contribution in [1.82, 2.24) is 5.32 Å². The first kappa shape index (κ1) is 29.1. The van der Waals surface area contributed by atoms with Gasteiger partial charge in [0.15, 0.2) is 13.9 Å². The summed E-state index contributed by atoms with van der Waals surface area (Å²) in [4.78, 5) is 27.7. The Hall–Kier alpha value is -0.416. The number of esters is 1. The van der Waals surface area contributed by atoms with Crippen LogP contribution in [0.5, 0.6) is 0 Å². The molecule has 1 aliphatic carbocycles. The number of halogens is 1. The molecule has 1 spiro atoms. The molecule has 1 N–H and O–H groups in total. The first-order valence-corrected chi connectivity index (χ1v) is 20.6. The maximum atomic E-state index is 14.2. The molecule has 1 saturated carbocycles. The molecular weight excluding hydrogens is 498 g/mol. The Morgan fingerprint density at radius 2 is 1.77 bits per heavy atom. The Bertz CT molecular complexity index is 784. The molecule has 0 aromatic carbocycles. The van der Waals surface area contributed by atoms with E-state index in [4.69, 9.17) is 25.5 Å². The first-order chi connectivity index (χ1) is 16.1. The largest absolute Gasteiger partial charge is 0.464 e. The molecule has 0 bridgehead atoms. The Balaban J connectivity index is 2.08. The minimum atomic E-state index is -2.30. The van der Waals surface area contributed by atoms with Crippen molar-refractivity contribution in [2.75, 3.05) is 19.1 Å². The zero-order valence-corrected chi connectivity index (χ0v) is 26.0. The summed E-state index contributed by atoms with van der Waals surface area (Å²) in [5.41, 5.74) is -2.28. The second-order valence-electron chi connectivity index (χ2n) is 13.6. The second kappa shape index (κ2) is 10.4. The fraction of sp³-hybridized carbons (Fsp3) is 0.923. The van der Waals surface area contributed by atoms with Crippen LogP contribution in [-0.4, -0.2) is 64.6 Å². The SMILES string of the molecule is CC(C)(C)[Si](C)(C)OC(C1CCCCC1)C1(C(=O)OCC[Si](C)(C)C)NC(=O)C(CCCl)C12CO2. The van der Waals surface area contributed by atoms with Gasteiger partial charge in [-0.1, -0.05) is 59.7 Å². The maximum Gasteiger partial charge on any atom is 0.337 e. The van der Waals surface area contributed by atoms with Crippen LogP contribution in [0.4, 0.5) is 0 Å². The predicted molar refractivity (Wildman–Crippen MR) is 146 cm³/mol. The molecule has 35 heavy (non-hydrogen) atoms. The molecule has 2 heterocycles. The van der Waals surface area contributed by atoms with Crippen molar-refractivity contribution in [2.24, 2.45) is 11.8 Å². The molecule has 2 aliphatic heterocycles. The number of epoxide rings is 1. The van der Waals surface area contributed by atoms with E-state index in [-0.39, 0.29) is 22.8 Å². The third-order valence-corrected chi connectivity index (χ3v) is 15.2. The monoisotopic (exact) mass is 545 g/mol. The van der Waals surface area contributed by atoms with Gasteiger partial charge in [-0.2, -0.15) is 0 Å². The first-order valence-electron chi connectivity index (χ1n) is 13.5. The number of hydrogen-bond acceptors (Lipinski definition) is 5. The number of carbonyl (C=O) groups is 2. The fourth-order valence-corrected chi connectivity index (χ4v) is 7.83. The number of rotatable bonds is 10. The Labute approximate surface area is 219 Å². The summed E-state index contributed by atoms with van der Waals surface area (Å²) >= 11 is 6.13. The fourth-order valence-electron chi connectivity index (χ4n) is 5.54. The van der Waals surface area contributed by atoms with Crippen molar-refractivity contribution in [3.63, 3.8) is 0 Å². The molecule has 3 fully saturated rings. The zero-order valence-electron chi connectivity index (χ0n) is 23.2. The normalized spacial score (nSPS) is 30.9. The summed E-state index contributed by atoms with van der Waals surface area (Å²) in [5.74, 6) is -0.517. The van der Waals surface area contributed by atoms with Gasteiger partial charge in [-0.05, 0) is 49.4 Å². The van der Waals surface area contributed by atoms with E-state index >= 15 is 0 Å². The number of alkyl halides is 1. The van der Waals surface area contributed by atoms with Crippen molar-refractivity contribution in [1.29, 1.82) is 0 Å². The van der Waals surface area contributed by atoms with Gasteiger partial charge in [-0.15, -0.1) is 11.6 Å². The molecule has 0 aromatic heterocycles. The number of carbonyl (C=O) groups excluding carboxylic acids is 2. The number of hydrogen-bond donors (Lipinski definition) is 1. The molecule has 6 nitrogen and oxygen atoms in total. The molecule has 1 amide bonds. The van der Waals surface area contributed by atoms with Crippen LogP contribution >= 0.6 is 11.6 Å². The van der Waals surface area contributed by atoms with Gasteiger partial charge in [0.1, 0.15) is 5.60 Å². The van der Waals surface area contributed by atoms with Crippen LogP contribution in [0.25, 0.3) is 0 Å². The molecule has 4 unspecified atom stereocenters. The number of ether oxygens (including phenoxy) is 2. The summed E-state index contributed by atoms with van der Waals surface area (Å²) in [6.45, 7) is 18.6. The summed E-state index contributed by atoms with van der Waals surface area (Å²) in [6, 6.07) is 0.874. The highest BCUT2D eigenvalue weighted by Gasteiger charge is 2.80. The molecule has 0 aromatic rings. The second-order valence-corrected chi connectivity index (χ2v) is 24.4. The van der Waals surface area contributed by atoms with Gasteiger partial charge in [-0.3, -0.25) is 4.79 Å². The minimum absolute atomic E-state index is 0.0431. The van der Waals surface area contributed by atoms with Gasteiger partial charge >= 0.3 is 5.97 Å². The van der Waals surface area contributed by atoms with Crippen LogP contribution < -0.4 is 5.32 Å². The van der Waals surface area contributed by atoms with E-state index in [1.807, 2.05) is 0 Å². The quantitative estimate of drug-likeness (QED) is 0.164. The highest BCUT2D eigenvalue weighted by Crippen LogP contribution is 2.56. The van der Waals surface area contributed by atoms with Crippen LogP contribution in [0, 0.1) is 11.8 Å². The van der Waals surface area contributed by atoms with E-state index in [1.54, 1.807) is 0 Å². The van der Waals surface area contributed by atoms with Crippen LogP contribution in [0.15, 0.2) is 0 Å². The van der Waals surface area contributed by atoms with Crippen LogP contribution in [-0.2, 0) is 23.5 Å². The number of nitrogens with one attached hydrogen (secondary N) is 1. The lowest BCUT2D eigenvalue weighted by Crippen LogP contribution is -2.70. The highest BCUT2D eigenvalue weighted by molar-refractivity contribution is 6.76. The third kappa shape index (κ3) is 5.71. The predicted octanol–water partition coefficient (Wildman–Crippen LogP) is 5.72. The lowest BCUT2D eigenvalue weighted by Gasteiger charge is -2.49. The van der Waals surface area contributed by atoms with Crippen molar-refractivity contribution < 1.29 is 23.5 Å². The molecule has 3 aliphatic rings. The molecule has 2 saturated heterocycles. The van der Waals surface area contributed by atoms with E-state index in [9.17, 15) is 9.59 Å². The van der Waals surface area contributed by atoms with E-state index in [0.29, 0.717) is 25.5 Å². The van der Waals surface area contributed by atoms with Gasteiger partial charge in [0.05, 0.1) is 25.2 Å². The maximum absolute atomic E-state index is 14.2. The Morgan fingerprint density at radius 3 is 2.26 bits per heavy atom. The topological polar surface area (TPSA) is 77.2 Å². The number of amides is 1. The average Bonchev–Trinajstić information content (AvgIpc) is 3.50. The molecule has 202 valence electrons. The van der Waals surface area contributed by atoms with Crippen LogP contribution in [0.1, 0.15) is 59.3 Å². The summed E-state index contributed by atoms with van der Waals surface area (Å²) in [6.07, 6.45) is 5.36. The van der Waals surface area contributed by atoms with Gasteiger partial charge in [0, 0.05) is 14.0 Å². The Kier molecular flexibility index (Phi) is 8.65. The highest BCUT2D eigenvalue weighted by atomic mass is 35.5. The van der Waals surface area contributed by atoms with E-state index < -0.39 is 39.6 Å². The summed E-state index contributed by atoms with van der Waals surface area (Å²) in [5, 5.41) is 3.14. The van der Waals surface area contributed by atoms with Crippen molar-refractivity contribution in [2.45, 2.75) is 120 Å². The molecular formula is C26H48ClNO5Si2. The van der Waals surface area contributed by atoms with Crippen LogP contribution in [0.3, 0.4) is 0 Å². The molecule has 0 radical (unpaired) electrons. The average molecular weight is 546 g/mol. The minimum Gasteiger partial charge on any atom is -0.464 e. The van der Waals surface area contributed by atoms with Gasteiger partial charge in [-0.25, -0.2) is 4.79 Å². The van der Waals surface area contributed by atoms with Gasteiger partial charge < -0.3 is 19.2 Å². The molecule has 3 rings (SSSR count). The van der Waals surface area contributed by atoms with E-state index in [2.05, 4.69) is 58.8 Å². The molecule has 9 heteroatoms. The van der Waals surface area contributed by atoms with E-state index in [1.165, 1.54) is 6.42 Å². The lowest BCUT2D eigenvalue weighted by molar-refractivity contribution is -0.162. The summed E-state index contributed by atoms with van der Waals surface area (Å²) in [7, 11) is -3.71. The zero-order chi connectivity index (χ0) is 26.3. The summed E-state index contributed by atoms with van der Waals surface area (Å²) < 4.78 is 19.3. The lowest BCUT2D eigenvalue weighted by atomic mass is 9.69. The van der Waals surface area contributed by atoms with Gasteiger partial charge in [0.25, 0.3) is 0 Å². The van der Waals surface area contributed by atoms with Crippen LogP contribution in [0.2, 0.25) is 43.8 Å². The van der Waals surface area contributed by atoms with E-state index in [0.717, 1.165) is 31.7 Å². The van der Waals surface area contributed by atoms with Gasteiger partial charge in [0.2, 0.25) is 5.91 Å². The standard InChI is InChI=1S/C26H48ClNO5Si2/c1-24(2,3)35(7,8)33-21(19-12-10-9-11-13-19)26(23(30)31-16-17-34(4,5)6)25(18-32-25)20(14-15-27)22(29)28-26/h19-21H,9-18H2,1-8H3,(H,28,29). The van der Waals surface area contributed by atoms with Crippen molar-refractivity contribution in [3.05, 3.63) is 0 Å². The smallest absolute Gasteiger partial charge is 0.337 e. The third-order valence-electron chi connectivity index (χ3n) is 8.86. The Morgan fingerprint density at radius 1 is 1.17 bits per heavy atom. The molecule has 4 atom stereocenters. The van der Waals surface area contributed by atoms with Crippen molar-refractivity contribution in [3.8, 4) is 0 Å².